The fraction of sp³-hybridized carbons (Fsp3) is 0. The molecule has 0 saturated heterocycles. The Balaban J connectivity index is 0.982. The Kier molecular flexibility index (Phi) is 8.55. The van der Waals surface area contributed by atoms with Crippen molar-refractivity contribution in [1.29, 1.82) is 0 Å². The number of fused-ring (bicyclic) bond motifs is 12. The minimum absolute atomic E-state index is 0.637. The molecule has 0 bridgehead atoms. The van der Waals surface area contributed by atoms with E-state index in [-0.39, 0.29) is 0 Å². The van der Waals surface area contributed by atoms with E-state index in [4.69, 9.17) is 14.4 Å². The van der Waals surface area contributed by atoms with Crippen molar-refractivity contribution >= 4 is 76.1 Å². The minimum atomic E-state index is 0.637. The number of hydrogen-bond acceptors (Lipinski definition) is 3. The fourth-order valence-electron chi connectivity index (χ4n) is 10.6. The first-order valence-corrected chi connectivity index (χ1v) is 23.1. The van der Waals surface area contributed by atoms with Crippen LogP contribution in [0.2, 0.25) is 0 Å². The van der Waals surface area contributed by atoms with Gasteiger partial charge in [0.1, 0.15) is 11.2 Å². The van der Waals surface area contributed by atoms with Crippen LogP contribution in [-0.4, -0.2) is 14.5 Å². The maximum Gasteiger partial charge on any atom is 0.160 e. The molecule has 11 aromatic carbocycles. The summed E-state index contributed by atoms with van der Waals surface area (Å²) in [5.74, 6) is 0.637. The quantitative estimate of drug-likeness (QED) is 0.156. The molecular weight excluding hydrogens is 827 g/mol. The van der Waals surface area contributed by atoms with Crippen molar-refractivity contribution in [2.45, 2.75) is 0 Å². The Morgan fingerprint density at radius 2 is 0.809 bits per heavy atom. The second-order valence-electron chi connectivity index (χ2n) is 17.7. The molecule has 0 saturated carbocycles. The van der Waals surface area contributed by atoms with Gasteiger partial charge in [0.25, 0.3) is 0 Å². The molecule has 0 N–H and O–H groups in total. The summed E-state index contributed by atoms with van der Waals surface area (Å²) in [6.45, 7) is 0. The summed E-state index contributed by atoms with van der Waals surface area (Å²) in [4.78, 5) is 10.5. The monoisotopic (exact) mass is 865 g/mol. The van der Waals surface area contributed by atoms with Gasteiger partial charge >= 0.3 is 0 Å². The van der Waals surface area contributed by atoms with Gasteiger partial charge in [0.15, 0.2) is 5.82 Å². The predicted octanol–water partition coefficient (Wildman–Crippen LogP) is 17.3. The van der Waals surface area contributed by atoms with Crippen molar-refractivity contribution in [3.05, 3.63) is 237 Å². The minimum Gasteiger partial charge on any atom is -0.456 e. The molecule has 3 aromatic heterocycles. The third-order valence-corrected chi connectivity index (χ3v) is 13.8. The Bertz CT molecular complexity index is 4210. The van der Waals surface area contributed by atoms with Gasteiger partial charge in [-0.05, 0) is 115 Å². The number of benzene rings is 11. The lowest BCUT2D eigenvalue weighted by Gasteiger charge is -2.13. The molecule has 3 heterocycles. The van der Waals surface area contributed by atoms with Crippen molar-refractivity contribution in [2.75, 3.05) is 0 Å². The number of rotatable bonds is 6. The average Bonchev–Trinajstić information content (AvgIpc) is 3.96. The maximum atomic E-state index is 6.69. The molecule has 4 heteroatoms. The van der Waals surface area contributed by atoms with E-state index in [1.165, 1.54) is 54.2 Å². The molecule has 4 nitrogen and oxygen atoms in total. The predicted molar refractivity (Wildman–Crippen MR) is 283 cm³/mol. The molecule has 0 fully saturated rings. The van der Waals surface area contributed by atoms with E-state index in [1.807, 2.05) is 24.3 Å². The summed E-state index contributed by atoms with van der Waals surface area (Å²) in [5, 5.41) is 12.1. The molecule has 0 amide bonds. The first kappa shape index (κ1) is 38.2. The van der Waals surface area contributed by atoms with E-state index in [9.17, 15) is 0 Å². The van der Waals surface area contributed by atoms with Crippen molar-refractivity contribution in [3.8, 4) is 61.8 Å². The Labute approximate surface area is 391 Å². The molecule has 0 atom stereocenters. The van der Waals surface area contributed by atoms with Crippen LogP contribution in [0.3, 0.4) is 0 Å². The van der Waals surface area contributed by atoms with E-state index in [1.54, 1.807) is 0 Å². The first-order valence-electron chi connectivity index (χ1n) is 23.1. The molecule has 0 aliphatic rings. The van der Waals surface area contributed by atoms with Gasteiger partial charge in [0.2, 0.25) is 0 Å². The van der Waals surface area contributed by atoms with Crippen LogP contribution >= 0.6 is 0 Å². The van der Waals surface area contributed by atoms with Gasteiger partial charge in [-0.25, -0.2) is 9.97 Å². The highest BCUT2D eigenvalue weighted by Gasteiger charge is 2.21. The van der Waals surface area contributed by atoms with Gasteiger partial charge in [-0.1, -0.05) is 176 Å². The highest BCUT2D eigenvalue weighted by atomic mass is 16.3. The van der Waals surface area contributed by atoms with E-state index >= 15 is 0 Å². The van der Waals surface area contributed by atoms with Crippen LogP contribution in [0.4, 0.5) is 0 Å². The van der Waals surface area contributed by atoms with Gasteiger partial charge in [-0.3, -0.25) is 0 Å². The number of para-hydroxylation sites is 2. The van der Waals surface area contributed by atoms with Crippen molar-refractivity contribution in [1.82, 2.24) is 14.5 Å². The summed E-state index contributed by atoms with van der Waals surface area (Å²) >= 11 is 0. The summed E-state index contributed by atoms with van der Waals surface area (Å²) in [6, 6.07) is 84.6. The summed E-state index contributed by atoms with van der Waals surface area (Å²) < 4.78 is 9.11. The summed E-state index contributed by atoms with van der Waals surface area (Å²) in [5.41, 5.74) is 14.2. The fourth-order valence-corrected chi connectivity index (χ4v) is 10.6. The van der Waals surface area contributed by atoms with Gasteiger partial charge in [0, 0.05) is 43.9 Å². The third-order valence-electron chi connectivity index (χ3n) is 13.8. The first-order chi connectivity index (χ1) is 33.7. The molecule has 14 aromatic rings. The zero-order valence-corrected chi connectivity index (χ0v) is 36.8. The average molecular weight is 866 g/mol. The highest BCUT2D eigenvalue weighted by molar-refractivity contribution is 6.26. The third kappa shape index (κ3) is 6.08. The topological polar surface area (TPSA) is 43.9 Å². The van der Waals surface area contributed by atoms with E-state index in [0.29, 0.717) is 5.82 Å². The van der Waals surface area contributed by atoms with E-state index < -0.39 is 0 Å². The van der Waals surface area contributed by atoms with Gasteiger partial charge in [-0.2, -0.15) is 0 Å². The van der Waals surface area contributed by atoms with Gasteiger partial charge < -0.3 is 8.98 Å². The smallest absolute Gasteiger partial charge is 0.160 e. The largest absolute Gasteiger partial charge is 0.456 e. The number of aromatic nitrogens is 3. The van der Waals surface area contributed by atoms with Crippen LogP contribution in [0.5, 0.6) is 0 Å². The number of hydrogen-bond donors (Lipinski definition) is 0. The van der Waals surface area contributed by atoms with Crippen molar-refractivity contribution < 1.29 is 4.42 Å². The summed E-state index contributed by atoms with van der Waals surface area (Å²) in [6.07, 6.45) is 0. The van der Waals surface area contributed by atoms with Crippen LogP contribution in [-0.2, 0) is 0 Å². The molecule has 14 rings (SSSR count). The van der Waals surface area contributed by atoms with Crippen molar-refractivity contribution in [3.63, 3.8) is 0 Å². The molecule has 0 unspecified atom stereocenters. The Morgan fingerprint density at radius 3 is 1.47 bits per heavy atom. The maximum absolute atomic E-state index is 6.69. The molecule has 0 aliphatic carbocycles. The highest BCUT2D eigenvalue weighted by Crippen LogP contribution is 2.44. The lowest BCUT2D eigenvalue weighted by atomic mass is 9.92. The zero-order chi connectivity index (χ0) is 44.7. The molecule has 0 spiro atoms. The van der Waals surface area contributed by atoms with Crippen LogP contribution in [0, 0.1) is 0 Å². The SMILES string of the molecule is c1ccc(-c2cc(-c3ccccc3)nc(-c3cc(-c4ccc5c(c4)c4ccc(-c6ccc7c8ccccc8c8ccccc8c7c6)cc4n5-c4ccccc4)c4c(c3)oc3ccccc34)n2)cc1. The van der Waals surface area contributed by atoms with Crippen LogP contribution < -0.4 is 0 Å². The van der Waals surface area contributed by atoms with Gasteiger partial charge in [-0.15, -0.1) is 0 Å². The molecule has 0 radical (unpaired) electrons. The second-order valence-corrected chi connectivity index (χ2v) is 17.7. The Hall–Kier alpha value is -9.12. The second kappa shape index (κ2) is 15.2. The molecule has 0 aliphatic heterocycles. The molecular formula is C64H39N3O. The van der Waals surface area contributed by atoms with Crippen molar-refractivity contribution in [2.24, 2.45) is 0 Å². The van der Waals surface area contributed by atoms with Crippen LogP contribution in [0.1, 0.15) is 0 Å². The van der Waals surface area contributed by atoms with Crippen LogP contribution in [0.15, 0.2) is 241 Å². The summed E-state index contributed by atoms with van der Waals surface area (Å²) in [7, 11) is 0. The number of furan rings is 1. The van der Waals surface area contributed by atoms with E-state index in [0.717, 1.165) is 77.9 Å². The Morgan fingerprint density at radius 1 is 0.294 bits per heavy atom. The lowest BCUT2D eigenvalue weighted by molar-refractivity contribution is 0.669. The zero-order valence-electron chi connectivity index (χ0n) is 36.8. The standard InChI is InChI=1S/C64H39N3O/c1-4-16-40(17-5-1)57-39-58(41-18-6-2-7-19-41)66-64(65-57)45-36-54(63-53-26-14-15-27-61(53)68-62(63)38-45)44-30-33-59-56(35-44)52-32-29-43(37-60(52)67(59)46-20-8-3-9-21-46)42-28-31-51-49-24-11-10-22-47(49)48-23-12-13-25-50(48)55(51)34-42/h1-39H. The van der Waals surface area contributed by atoms with Gasteiger partial charge in [0.05, 0.1) is 22.4 Å². The van der Waals surface area contributed by atoms with E-state index in [2.05, 4.69) is 217 Å². The van der Waals surface area contributed by atoms with Crippen LogP contribution in [0.25, 0.3) is 138 Å². The molecule has 68 heavy (non-hydrogen) atoms. The normalized spacial score (nSPS) is 11.8. The number of nitrogens with zero attached hydrogens (tertiary/aromatic N) is 3. The molecule has 316 valence electrons. The lowest BCUT2D eigenvalue weighted by Crippen LogP contribution is -1.96.